The van der Waals surface area contributed by atoms with Crippen LogP contribution in [0.5, 0.6) is 0 Å². The summed E-state index contributed by atoms with van der Waals surface area (Å²) in [6.45, 7) is 3.85. The van der Waals surface area contributed by atoms with E-state index in [4.69, 9.17) is 0 Å². The van der Waals surface area contributed by atoms with E-state index >= 15 is 0 Å². The van der Waals surface area contributed by atoms with Crippen molar-refractivity contribution in [2.45, 2.75) is 20.3 Å². The van der Waals surface area contributed by atoms with Crippen LogP contribution in [0.1, 0.15) is 15.6 Å². The van der Waals surface area contributed by atoms with E-state index in [1.807, 2.05) is 13.8 Å². The van der Waals surface area contributed by atoms with Gasteiger partial charge in [0.25, 0.3) is 0 Å². The molecule has 0 aliphatic rings. The second-order valence-corrected chi connectivity index (χ2v) is 5.33. The van der Waals surface area contributed by atoms with E-state index < -0.39 is 0 Å². The topological polar surface area (TPSA) is 67.8 Å². The highest BCUT2D eigenvalue weighted by Crippen LogP contribution is 2.18. The second-order valence-electron chi connectivity index (χ2n) is 3.21. The van der Waals surface area contributed by atoms with E-state index in [2.05, 4.69) is 20.5 Å². The number of carbonyl (C=O) groups excluding carboxylic acids is 1. The molecule has 84 valence electrons. The number of aromatic nitrogens is 3. The number of anilines is 1. The predicted molar refractivity (Wildman–Crippen MR) is 63.8 cm³/mol. The SMILES string of the molecule is Cc1nc(C)c(CC(=O)Nc2nncs2)s1. The van der Waals surface area contributed by atoms with Crippen molar-refractivity contribution in [3.05, 3.63) is 21.1 Å². The molecule has 0 radical (unpaired) electrons. The molecule has 0 atom stereocenters. The van der Waals surface area contributed by atoms with Gasteiger partial charge in [-0.25, -0.2) is 4.98 Å². The lowest BCUT2D eigenvalue weighted by atomic mass is 10.3. The number of rotatable bonds is 3. The fraction of sp³-hybridized carbons (Fsp3) is 0.333. The fourth-order valence-electron chi connectivity index (χ4n) is 1.27. The van der Waals surface area contributed by atoms with Crippen molar-refractivity contribution in [2.24, 2.45) is 0 Å². The molecule has 0 fully saturated rings. The third kappa shape index (κ3) is 2.61. The highest BCUT2D eigenvalue weighted by Gasteiger charge is 2.11. The average Bonchev–Trinajstić information content (AvgIpc) is 2.78. The standard InChI is InChI=1S/C9H10N4OS2/c1-5-7(16-6(2)11-5)3-8(14)12-9-13-10-4-15-9/h4H,3H2,1-2H3,(H,12,13,14). The zero-order chi connectivity index (χ0) is 11.5. The molecule has 0 bridgehead atoms. The maximum absolute atomic E-state index is 11.6. The van der Waals surface area contributed by atoms with E-state index in [0.717, 1.165) is 15.6 Å². The van der Waals surface area contributed by atoms with Gasteiger partial charge in [-0.05, 0) is 13.8 Å². The van der Waals surface area contributed by atoms with Gasteiger partial charge in [0, 0.05) is 4.88 Å². The quantitative estimate of drug-likeness (QED) is 0.906. The molecule has 0 aliphatic heterocycles. The summed E-state index contributed by atoms with van der Waals surface area (Å²) in [4.78, 5) is 16.9. The number of nitrogens with zero attached hydrogens (tertiary/aromatic N) is 3. The Bertz CT molecular complexity index is 492. The van der Waals surface area contributed by atoms with Gasteiger partial charge < -0.3 is 5.32 Å². The lowest BCUT2D eigenvalue weighted by Gasteiger charge is -1.99. The lowest BCUT2D eigenvalue weighted by Crippen LogP contribution is -2.14. The van der Waals surface area contributed by atoms with Crippen LogP contribution in [0, 0.1) is 13.8 Å². The number of hydrogen-bond donors (Lipinski definition) is 1. The van der Waals surface area contributed by atoms with Crippen molar-refractivity contribution >= 4 is 33.7 Å². The van der Waals surface area contributed by atoms with E-state index in [0.29, 0.717) is 11.6 Å². The number of hydrogen-bond acceptors (Lipinski definition) is 6. The Morgan fingerprint density at radius 1 is 1.50 bits per heavy atom. The summed E-state index contributed by atoms with van der Waals surface area (Å²) in [6, 6.07) is 0. The van der Waals surface area contributed by atoms with E-state index in [1.165, 1.54) is 11.3 Å². The van der Waals surface area contributed by atoms with Crippen molar-refractivity contribution in [3.63, 3.8) is 0 Å². The molecule has 0 aromatic carbocycles. The predicted octanol–water partition coefficient (Wildman–Crippen LogP) is 1.79. The first-order valence-corrected chi connectivity index (χ1v) is 6.33. The van der Waals surface area contributed by atoms with Crippen LogP contribution < -0.4 is 5.32 Å². The molecule has 0 saturated heterocycles. The highest BCUT2D eigenvalue weighted by atomic mass is 32.1. The Morgan fingerprint density at radius 2 is 2.31 bits per heavy atom. The number of nitrogens with one attached hydrogen (secondary N) is 1. The maximum atomic E-state index is 11.6. The fourth-order valence-corrected chi connectivity index (χ4v) is 2.67. The van der Waals surface area contributed by atoms with Gasteiger partial charge in [-0.15, -0.1) is 21.5 Å². The van der Waals surface area contributed by atoms with Crippen molar-refractivity contribution in [2.75, 3.05) is 5.32 Å². The van der Waals surface area contributed by atoms with E-state index in [1.54, 1.807) is 16.8 Å². The molecule has 0 spiro atoms. The van der Waals surface area contributed by atoms with Crippen LogP contribution in [-0.2, 0) is 11.2 Å². The van der Waals surface area contributed by atoms with Gasteiger partial charge in [0.2, 0.25) is 11.0 Å². The first kappa shape index (κ1) is 11.2. The Balaban J connectivity index is 2.00. The van der Waals surface area contributed by atoms with Gasteiger partial charge >= 0.3 is 0 Å². The summed E-state index contributed by atoms with van der Waals surface area (Å²) in [6.07, 6.45) is 0.344. The van der Waals surface area contributed by atoms with Gasteiger partial charge in [0.1, 0.15) is 5.51 Å². The molecule has 7 heteroatoms. The molecule has 16 heavy (non-hydrogen) atoms. The monoisotopic (exact) mass is 254 g/mol. The Kier molecular flexibility index (Phi) is 3.25. The molecule has 2 heterocycles. The van der Waals surface area contributed by atoms with Crippen LogP contribution in [0.25, 0.3) is 0 Å². The largest absolute Gasteiger partial charge is 0.300 e. The highest BCUT2D eigenvalue weighted by molar-refractivity contribution is 7.13. The van der Waals surface area contributed by atoms with Crippen molar-refractivity contribution in [1.29, 1.82) is 0 Å². The van der Waals surface area contributed by atoms with Crippen LogP contribution in [-0.4, -0.2) is 21.1 Å². The van der Waals surface area contributed by atoms with Crippen LogP contribution in [0.2, 0.25) is 0 Å². The van der Waals surface area contributed by atoms with Crippen LogP contribution in [0.4, 0.5) is 5.13 Å². The van der Waals surface area contributed by atoms with Gasteiger partial charge in [0.05, 0.1) is 17.1 Å². The van der Waals surface area contributed by atoms with Crippen molar-refractivity contribution in [3.8, 4) is 0 Å². The molecule has 1 amide bonds. The number of amides is 1. The first-order valence-electron chi connectivity index (χ1n) is 4.64. The molecule has 5 nitrogen and oxygen atoms in total. The molecule has 0 unspecified atom stereocenters. The van der Waals surface area contributed by atoms with Crippen LogP contribution >= 0.6 is 22.7 Å². The first-order chi connectivity index (χ1) is 7.65. The minimum absolute atomic E-state index is 0.0801. The van der Waals surface area contributed by atoms with E-state index in [9.17, 15) is 4.79 Å². The summed E-state index contributed by atoms with van der Waals surface area (Å²) in [5, 5.41) is 11.6. The summed E-state index contributed by atoms with van der Waals surface area (Å²) in [7, 11) is 0. The molecular weight excluding hydrogens is 244 g/mol. The summed E-state index contributed by atoms with van der Waals surface area (Å²) < 4.78 is 0. The third-order valence-corrected chi connectivity index (χ3v) is 3.61. The molecule has 0 aliphatic carbocycles. The Labute approximate surface area is 101 Å². The van der Waals surface area contributed by atoms with Crippen LogP contribution in [0.15, 0.2) is 5.51 Å². The van der Waals surface area contributed by atoms with Crippen molar-refractivity contribution < 1.29 is 4.79 Å². The summed E-state index contributed by atoms with van der Waals surface area (Å²) in [5.74, 6) is -0.0801. The Hall–Kier alpha value is -1.34. The van der Waals surface area contributed by atoms with E-state index in [-0.39, 0.29) is 5.91 Å². The van der Waals surface area contributed by atoms with Gasteiger partial charge in [-0.3, -0.25) is 4.79 Å². The van der Waals surface area contributed by atoms with Gasteiger partial charge in [-0.2, -0.15) is 0 Å². The number of carbonyl (C=O) groups is 1. The minimum atomic E-state index is -0.0801. The smallest absolute Gasteiger partial charge is 0.231 e. The minimum Gasteiger partial charge on any atom is -0.300 e. The van der Waals surface area contributed by atoms with Crippen LogP contribution in [0.3, 0.4) is 0 Å². The van der Waals surface area contributed by atoms with Gasteiger partial charge in [-0.1, -0.05) is 11.3 Å². The van der Waals surface area contributed by atoms with Crippen molar-refractivity contribution in [1.82, 2.24) is 15.2 Å². The Morgan fingerprint density at radius 3 is 2.88 bits per heavy atom. The number of thiazole rings is 1. The molecule has 2 aromatic heterocycles. The molecule has 1 N–H and O–H groups in total. The van der Waals surface area contributed by atoms with Gasteiger partial charge in [0.15, 0.2) is 0 Å². The second kappa shape index (κ2) is 4.67. The molecular formula is C9H10N4OS2. The molecule has 2 rings (SSSR count). The third-order valence-electron chi connectivity index (χ3n) is 1.93. The molecule has 2 aromatic rings. The average molecular weight is 254 g/mol. The maximum Gasteiger partial charge on any atom is 0.231 e. The normalized spacial score (nSPS) is 10.4. The summed E-state index contributed by atoms with van der Waals surface area (Å²) in [5.41, 5.74) is 2.51. The zero-order valence-corrected chi connectivity index (χ0v) is 10.5. The zero-order valence-electron chi connectivity index (χ0n) is 8.85. The number of aryl methyl sites for hydroxylation is 2. The lowest BCUT2D eigenvalue weighted by molar-refractivity contribution is -0.115. The molecule has 0 saturated carbocycles. The summed E-state index contributed by atoms with van der Waals surface area (Å²) >= 11 is 2.86.